The van der Waals surface area contributed by atoms with Gasteiger partial charge in [0.2, 0.25) is 11.8 Å². The molecule has 4 rings (SSSR count). The van der Waals surface area contributed by atoms with Crippen LogP contribution in [-0.4, -0.2) is 46.4 Å². The van der Waals surface area contributed by atoms with Crippen molar-refractivity contribution >= 4 is 34.2 Å². The second-order valence-corrected chi connectivity index (χ2v) is 9.03. The molecule has 0 radical (unpaired) electrons. The van der Waals surface area contributed by atoms with Gasteiger partial charge in [-0.3, -0.25) is 4.79 Å². The number of hydrogen-bond donors (Lipinski definition) is 1. The van der Waals surface area contributed by atoms with E-state index in [2.05, 4.69) is 21.3 Å². The van der Waals surface area contributed by atoms with Crippen LogP contribution in [0.15, 0.2) is 6.33 Å². The Labute approximate surface area is 163 Å². The van der Waals surface area contributed by atoms with E-state index < -0.39 is 0 Å². The van der Waals surface area contributed by atoms with Crippen LogP contribution in [0.2, 0.25) is 0 Å². The number of nitrogens with zero attached hydrogens (tertiary/aromatic N) is 3. The van der Waals surface area contributed by atoms with Gasteiger partial charge in [0.1, 0.15) is 31.0 Å². The normalized spacial score (nSPS) is 25.1. The maximum absolute atomic E-state index is 11.4. The number of nitrogens with two attached hydrogens (primary N) is 1. The third kappa shape index (κ3) is 3.83. The Hall–Kier alpha value is -2.02. The van der Waals surface area contributed by atoms with Gasteiger partial charge in [0.15, 0.2) is 6.04 Å². The van der Waals surface area contributed by atoms with Crippen LogP contribution in [0, 0.1) is 5.92 Å². The monoisotopic (exact) mass is 387 g/mol. The van der Waals surface area contributed by atoms with E-state index in [4.69, 9.17) is 10.5 Å². The summed E-state index contributed by atoms with van der Waals surface area (Å²) in [5.41, 5.74) is 6.70. The maximum Gasteiger partial charge on any atom is 0.225 e. The van der Waals surface area contributed by atoms with E-state index >= 15 is 0 Å². The molecule has 0 bridgehead atoms. The predicted octanol–water partition coefficient (Wildman–Crippen LogP) is 2.70. The van der Waals surface area contributed by atoms with Crippen molar-refractivity contribution in [1.29, 1.82) is 0 Å². The molecule has 0 aromatic carbocycles. The van der Waals surface area contributed by atoms with Crippen molar-refractivity contribution in [1.82, 2.24) is 9.97 Å². The van der Waals surface area contributed by atoms with E-state index in [9.17, 15) is 4.79 Å². The third-order valence-corrected chi connectivity index (χ3v) is 7.14. The first-order valence-corrected chi connectivity index (χ1v) is 10.6. The van der Waals surface area contributed by atoms with E-state index in [0.717, 1.165) is 55.2 Å². The van der Waals surface area contributed by atoms with Crippen molar-refractivity contribution in [2.24, 2.45) is 11.7 Å². The van der Waals surface area contributed by atoms with Crippen molar-refractivity contribution in [3.05, 3.63) is 16.8 Å². The number of ether oxygens (including phenoxy) is 1. The fourth-order valence-corrected chi connectivity index (χ4v) is 5.64. The van der Waals surface area contributed by atoms with Gasteiger partial charge in [0.05, 0.1) is 5.39 Å². The van der Waals surface area contributed by atoms with Crippen LogP contribution < -0.4 is 10.5 Å². The molecule has 2 aliphatic carbocycles. The lowest BCUT2D eigenvalue weighted by Gasteiger charge is -2.26. The summed E-state index contributed by atoms with van der Waals surface area (Å²) in [4.78, 5) is 22.7. The highest BCUT2D eigenvalue weighted by molar-refractivity contribution is 7.18. The molecule has 2 N–H and O–H groups in total. The lowest BCUT2D eigenvalue weighted by molar-refractivity contribution is -0.534. The lowest BCUT2D eigenvalue weighted by atomic mass is 9.85. The van der Waals surface area contributed by atoms with Crippen molar-refractivity contribution in [2.45, 2.75) is 63.5 Å². The maximum atomic E-state index is 11.4. The number of carbonyl (C=O) groups excluding carboxylic acids is 1. The average Bonchev–Trinajstić information content (AvgIpc) is 3.00. The summed E-state index contributed by atoms with van der Waals surface area (Å²) in [6, 6.07) is 0.540. The zero-order valence-corrected chi connectivity index (χ0v) is 16.6. The molecular weight excluding hydrogens is 360 g/mol. The minimum atomic E-state index is -0.220. The Balaban J connectivity index is 1.56. The molecule has 1 amide bonds. The van der Waals surface area contributed by atoms with Crippen molar-refractivity contribution in [2.75, 3.05) is 7.05 Å². The third-order valence-electron chi connectivity index (χ3n) is 5.94. The number of amides is 1. The largest absolute Gasteiger partial charge is 0.474 e. The number of aromatic nitrogens is 2. The molecule has 0 aliphatic heterocycles. The van der Waals surface area contributed by atoms with Gasteiger partial charge in [-0.15, -0.1) is 11.3 Å². The van der Waals surface area contributed by atoms with Gasteiger partial charge in [0.25, 0.3) is 0 Å². The van der Waals surface area contributed by atoms with Crippen molar-refractivity contribution in [3.8, 4) is 5.88 Å². The molecule has 0 saturated heterocycles. The summed E-state index contributed by atoms with van der Waals surface area (Å²) in [5.74, 6) is 0.801. The summed E-state index contributed by atoms with van der Waals surface area (Å²) in [6.07, 6.45) is 9.34. The Kier molecular flexibility index (Phi) is 5.12. The highest BCUT2D eigenvalue weighted by Crippen LogP contribution is 2.41. The SMILES string of the molecule is C=[N+](C)C1CCC(Oc2ncnc3sc4c(c23)CC(CC(N)=O)CC4)CC1. The first-order chi connectivity index (χ1) is 13.0. The molecule has 7 heteroatoms. The highest BCUT2D eigenvalue weighted by atomic mass is 32.1. The zero-order chi connectivity index (χ0) is 19.0. The number of fused-ring (bicyclic) bond motifs is 3. The summed E-state index contributed by atoms with van der Waals surface area (Å²) < 4.78 is 8.43. The van der Waals surface area contributed by atoms with Crippen LogP contribution in [0.5, 0.6) is 5.88 Å². The lowest BCUT2D eigenvalue weighted by Crippen LogP contribution is -2.32. The quantitative estimate of drug-likeness (QED) is 0.632. The van der Waals surface area contributed by atoms with E-state index in [1.807, 2.05) is 7.05 Å². The van der Waals surface area contributed by atoms with Crippen LogP contribution in [0.3, 0.4) is 0 Å². The molecule has 1 fully saturated rings. The molecule has 2 aromatic rings. The van der Waals surface area contributed by atoms with Crippen molar-refractivity contribution < 1.29 is 14.1 Å². The molecule has 144 valence electrons. The fourth-order valence-electron chi connectivity index (χ4n) is 4.46. The molecule has 0 spiro atoms. The molecule has 1 unspecified atom stereocenters. The second-order valence-electron chi connectivity index (χ2n) is 7.95. The van der Waals surface area contributed by atoms with E-state index in [1.54, 1.807) is 17.7 Å². The van der Waals surface area contributed by atoms with Crippen molar-refractivity contribution in [3.63, 3.8) is 0 Å². The summed E-state index contributed by atoms with van der Waals surface area (Å²) in [7, 11) is 2.04. The Morgan fingerprint density at radius 1 is 1.33 bits per heavy atom. The summed E-state index contributed by atoms with van der Waals surface area (Å²) >= 11 is 1.74. The number of carbonyl (C=O) groups is 1. The van der Waals surface area contributed by atoms with Crippen LogP contribution in [0.25, 0.3) is 10.2 Å². The fraction of sp³-hybridized carbons (Fsp3) is 0.600. The van der Waals surface area contributed by atoms with Gasteiger partial charge in [-0.25, -0.2) is 14.5 Å². The molecule has 1 atom stereocenters. The van der Waals surface area contributed by atoms with Gasteiger partial charge in [-0.05, 0) is 43.6 Å². The molecule has 2 heterocycles. The zero-order valence-electron chi connectivity index (χ0n) is 15.8. The number of thiophene rings is 1. The van der Waals surface area contributed by atoms with Gasteiger partial charge in [-0.1, -0.05) is 0 Å². The Morgan fingerprint density at radius 2 is 2.11 bits per heavy atom. The Morgan fingerprint density at radius 3 is 2.81 bits per heavy atom. The van der Waals surface area contributed by atoms with E-state index in [0.29, 0.717) is 24.3 Å². The smallest absolute Gasteiger partial charge is 0.225 e. The van der Waals surface area contributed by atoms with Gasteiger partial charge < -0.3 is 10.5 Å². The standard InChI is InChI=1S/C20H26N4O2S/c1-24(2)13-4-6-14(7-5-13)26-19-18-15-9-12(10-17(21)25)3-8-16(15)27-20(18)23-11-22-19/h11-14H,1,3-10H2,2H3,(H-,21,25)/p+1. The number of rotatable bonds is 5. The summed E-state index contributed by atoms with van der Waals surface area (Å²) in [5, 5.41) is 1.06. The number of primary amides is 1. The van der Waals surface area contributed by atoms with Gasteiger partial charge in [-0.2, -0.15) is 0 Å². The summed E-state index contributed by atoms with van der Waals surface area (Å²) in [6.45, 7) is 4.02. The van der Waals surface area contributed by atoms with E-state index in [-0.39, 0.29) is 12.0 Å². The van der Waals surface area contributed by atoms with Gasteiger partial charge in [0, 0.05) is 24.1 Å². The van der Waals surface area contributed by atoms with Crippen LogP contribution in [0.4, 0.5) is 0 Å². The first-order valence-electron chi connectivity index (χ1n) is 9.74. The van der Waals surface area contributed by atoms with Crippen LogP contribution >= 0.6 is 11.3 Å². The highest BCUT2D eigenvalue weighted by Gasteiger charge is 2.30. The minimum absolute atomic E-state index is 0.194. The predicted molar refractivity (Wildman–Crippen MR) is 107 cm³/mol. The molecule has 2 aromatic heterocycles. The molecule has 6 nitrogen and oxygen atoms in total. The molecule has 2 aliphatic rings. The topological polar surface area (TPSA) is 81.1 Å². The molecule has 1 saturated carbocycles. The number of aryl methyl sites for hydroxylation is 1. The van der Waals surface area contributed by atoms with Crippen LogP contribution in [0.1, 0.15) is 49.0 Å². The second kappa shape index (κ2) is 7.54. The first kappa shape index (κ1) is 18.3. The average molecular weight is 388 g/mol. The number of hydrogen-bond acceptors (Lipinski definition) is 5. The molecule has 27 heavy (non-hydrogen) atoms. The van der Waals surface area contributed by atoms with Gasteiger partial charge >= 0.3 is 0 Å². The Bertz CT molecular complexity index is 870. The minimum Gasteiger partial charge on any atom is -0.474 e. The van der Waals surface area contributed by atoms with E-state index in [1.165, 1.54) is 10.4 Å². The molecular formula is C20H27N4O2S+. The van der Waals surface area contributed by atoms with Crippen LogP contribution in [-0.2, 0) is 17.6 Å².